The molecule has 0 atom stereocenters. The molecule has 106 valence electrons. The van der Waals surface area contributed by atoms with E-state index in [1.54, 1.807) is 11.3 Å². The Hall–Kier alpha value is -1.98. The summed E-state index contributed by atoms with van der Waals surface area (Å²) in [5, 5.41) is 6.49. The van der Waals surface area contributed by atoms with Crippen molar-refractivity contribution in [3.63, 3.8) is 0 Å². The third kappa shape index (κ3) is 2.28. The number of thiazole rings is 1. The molecule has 0 amide bonds. The molecule has 2 aromatic heterocycles. The van der Waals surface area contributed by atoms with Crippen LogP contribution in [0.3, 0.4) is 0 Å². The lowest BCUT2D eigenvalue weighted by atomic mass is 9.98. The topological polar surface area (TPSA) is 42.7 Å². The molecule has 3 heterocycles. The van der Waals surface area contributed by atoms with Gasteiger partial charge in [-0.15, -0.1) is 11.3 Å². The molecular weight excluding hydrogens is 280 g/mol. The van der Waals surface area contributed by atoms with Gasteiger partial charge in [-0.05, 0) is 30.2 Å². The van der Waals surface area contributed by atoms with Gasteiger partial charge in [0.25, 0.3) is 0 Å². The molecule has 21 heavy (non-hydrogen) atoms. The molecule has 5 heteroatoms. The first kappa shape index (κ1) is 12.7. The summed E-state index contributed by atoms with van der Waals surface area (Å²) in [5.74, 6) is 0.924. The van der Waals surface area contributed by atoms with Crippen LogP contribution < -0.4 is 5.32 Å². The second-order valence-electron chi connectivity index (χ2n) is 5.31. The van der Waals surface area contributed by atoms with Crippen LogP contribution in [0.15, 0.2) is 36.0 Å². The normalized spacial score (nSPS) is 14.1. The van der Waals surface area contributed by atoms with Gasteiger partial charge in [0.15, 0.2) is 10.8 Å². The summed E-state index contributed by atoms with van der Waals surface area (Å²) in [6.07, 6.45) is 4.85. The van der Waals surface area contributed by atoms with Crippen molar-refractivity contribution in [2.24, 2.45) is 7.05 Å². The molecular formula is C16H16N4S. The molecule has 0 saturated carbocycles. The number of nitrogens with one attached hydrogen (secondary N) is 1. The zero-order chi connectivity index (χ0) is 14.2. The van der Waals surface area contributed by atoms with Crippen LogP contribution in [-0.2, 0) is 20.0 Å². The van der Waals surface area contributed by atoms with Crippen LogP contribution in [0.25, 0.3) is 22.1 Å². The molecule has 0 spiro atoms. The van der Waals surface area contributed by atoms with Crippen molar-refractivity contribution >= 4 is 11.3 Å². The fourth-order valence-corrected chi connectivity index (χ4v) is 3.58. The minimum absolute atomic E-state index is 0.924. The third-order valence-corrected chi connectivity index (χ3v) is 4.74. The lowest BCUT2D eigenvalue weighted by Gasteiger charge is -2.17. The number of nitrogens with zero attached hydrogens (tertiary/aromatic N) is 3. The molecule has 0 unspecified atom stereocenters. The second-order valence-corrected chi connectivity index (χ2v) is 6.17. The van der Waals surface area contributed by atoms with Gasteiger partial charge in [-0.3, -0.25) is 0 Å². The van der Waals surface area contributed by atoms with Gasteiger partial charge >= 0.3 is 0 Å². The Labute approximate surface area is 127 Å². The summed E-state index contributed by atoms with van der Waals surface area (Å²) in [7, 11) is 2.00. The van der Waals surface area contributed by atoms with E-state index in [-0.39, 0.29) is 0 Å². The molecule has 0 fully saturated rings. The van der Waals surface area contributed by atoms with E-state index >= 15 is 0 Å². The average molecular weight is 296 g/mol. The van der Waals surface area contributed by atoms with Crippen LogP contribution in [0.5, 0.6) is 0 Å². The molecule has 4 rings (SSSR count). The van der Waals surface area contributed by atoms with Crippen molar-refractivity contribution in [3.8, 4) is 22.1 Å². The highest BCUT2D eigenvalue weighted by Crippen LogP contribution is 2.29. The predicted molar refractivity (Wildman–Crippen MR) is 85.2 cm³/mol. The van der Waals surface area contributed by atoms with E-state index in [4.69, 9.17) is 4.98 Å². The molecule has 0 aliphatic carbocycles. The van der Waals surface area contributed by atoms with Gasteiger partial charge in [0.05, 0.1) is 5.69 Å². The quantitative estimate of drug-likeness (QED) is 0.791. The molecule has 1 aliphatic heterocycles. The molecule has 4 nitrogen and oxygen atoms in total. The van der Waals surface area contributed by atoms with Crippen LogP contribution in [0.2, 0.25) is 0 Å². The Morgan fingerprint density at radius 2 is 2.24 bits per heavy atom. The zero-order valence-electron chi connectivity index (χ0n) is 11.8. The molecule has 0 radical (unpaired) electrons. The first-order chi connectivity index (χ1) is 10.3. The molecule has 1 N–H and O–H groups in total. The SMILES string of the molecule is Cn1ccnc1-c1nc(-c2ccc3c(c2)CCNC3)cs1. The van der Waals surface area contributed by atoms with Gasteiger partial charge in [0.2, 0.25) is 0 Å². The monoisotopic (exact) mass is 296 g/mol. The Morgan fingerprint density at radius 1 is 1.29 bits per heavy atom. The van der Waals surface area contributed by atoms with Crippen LogP contribution in [0.1, 0.15) is 11.1 Å². The van der Waals surface area contributed by atoms with Gasteiger partial charge in [-0.1, -0.05) is 12.1 Å². The standard InChI is InChI=1S/C16H16N4S/c1-20-7-6-18-15(20)16-19-14(10-21-16)12-2-3-13-9-17-5-4-11(13)8-12/h2-3,6-8,10,17H,4-5,9H2,1H3. The molecule has 0 saturated heterocycles. The maximum absolute atomic E-state index is 4.75. The minimum Gasteiger partial charge on any atom is -0.332 e. The van der Waals surface area contributed by atoms with E-state index in [9.17, 15) is 0 Å². The number of imidazole rings is 1. The van der Waals surface area contributed by atoms with E-state index in [1.807, 2.05) is 24.0 Å². The van der Waals surface area contributed by atoms with Gasteiger partial charge in [-0.25, -0.2) is 9.97 Å². The third-order valence-electron chi connectivity index (χ3n) is 3.91. The van der Waals surface area contributed by atoms with Crippen LogP contribution in [0.4, 0.5) is 0 Å². The first-order valence-electron chi connectivity index (χ1n) is 7.07. The lowest BCUT2D eigenvalue weighted by molar-refractivity contribution is 0.644. The second kappa shape index (κ2) is 5.09. The number of hydrogen-bond acceptors (Lipinski definition) is 4. The highest BCUT2D eigenvalue weighted by molar-refractivity contribution is 7.13. The molecule has 0 bridgehead atoms. The van der Waals surface area contributed by atoms with Crippen LogP contribution >= 0.6 is 11.3 Å². The minimum atomic E-state index is 0.924. The van der Waals surface area contributed by atoms with E-state index in [2.05, 4.69) is 33.9 Å². The van der Waals surface area contributed by atoms with E-state index in [1.165, 1.54) is 16.7 Å². The number of benzene rings is 1. The Bertz CT molecular complexity index is 787. The summed E-state index contributed by atoms with van der Waals surface area (Å²) in [6.45, 7) is 2.04. The molecule has 1 aromatic carbocycles. The van der Waals surface area contributed by atoms with Gasteiger partial charge in [0, 0.05) is 36.9 Å². The summed E-state index contributed by atoms with van der Waals surface area (Å²) >= 11 is 1.65. The molecule has 1 aliphatic rings. The fraction of sp³-hybridized carbons (Fsp3) is 0.250. The highest BCUT2D eigenvalue weighted by Gasteiger charge is 2.13. The first-order valence-corrected chi connectivity index (χ1v) is 7.95. The average Bonchev–Trinajstić information content (AvgIpc) is 3.15. The van der Waals surface area contributed by atoms with Gasteiger partial charge < -0.3 is 9.88 Å². The van der Waals surface area contributed by atoms with E-state index in [0.717, 1.165) is 36.0 Å². The summed E-state index contributed by atoms with van der Waals surface area (Å²) in [4.78, 5) is 9.12. The van der Waals surface area contributed by atoms with Gasteiger partial charge in [-0.2, -0.15) is 0 Å². The maximum atomic E-state index is 4.75. The Kier molecular flexibility index (Phi) is 3.09. The Morgan fingerprint density at radius 3 is 3.10 bits per heavy atom. The summed E-state index contributed by atoms with van der Waals surface area (Å²) in [6, 6.07) is 6.67. The van der Waals surface area contributed by atoms with Crippen molar-refractivity contribution < 1.29 is 0 Å². The number of hydrogen-bond donors (Lipinski definition) is 1. The van der Waals surface area contributed by atoms with Crippen molar-refractivity contribution in [2.45, 2.75) is 13.0 Å². The van der Waals surface area contributed by atoms with E-state index < -0.39 is 0 Å². The largest absolute Gasteiger partial charge is 0.332 e. The van der Waals surface area contributed by atoms with Crippen LogP contribution in [0, 0.1) is 0 Å². The fourth-order valence-electron chi connectivity index (χ4n) is 2.72. The maximum Gasteiger partial charge on any atom is 0.168 e. The zero-order valence-corrected chi connectivity index (χ0v) is 12.7. The summed E-state index contributed by atoms with van der Waals surface area (Å²) in [5.41, 5.74) is 5.09. The van der Waals surface area contributed by atoms with Crippen LogP contribution in [-0.4, -0.2) is 21.1 Å². The number of aromatic nitrogens is 3. The highest BCUT2D eigenvalue weighted by atomic mass is 32.1. The van der Waals surface area contributed by atoms with Crippen molar-refractivity contribution in [3.05, 3.63) is 47.1 Å². The summed E-state index contributed by atoms with van der Waals surface area (Å²) < 4.78 is 2.00. The van der Waals surface area contributed by atoms with Crippen molar-refractivity contribution in [1.29, 1.82) is 0 Å². The number of aryl methyl sites for hydroxylation is 1. The smallest absolute Gasteiger partial charge is 0.168 e. The predicted octanol–water partition coefficient (Wildman–Crippen LogP) is 2.86. The Balaban J connectivity index is 1.71. The van der Waals surface area contributed by atoms with E-state index in [0.29, 0.717) is 0 Å². The van der Waals surface area contributed by atoms with Crippen molar-refractivity contribution in [2.75, 3.05) is 6.54 Å². The lowest BCUT2D eigenvalue weighted by Crippen LogP contribution is -2.23. The van der Waals surface area contributed by atoms with Crippen molar-refractivity contribution in [1.82, 2.24) is 19.9 Å². The number of fused-ring (bicyclic) bond motifs is 1. The van der Waals surface area contributed by atoms with Gasteiger partial charge in [0.1, 0.15) is 0 Å². The number of rotatable bonds is 2. The molecule has 3 aromatic rings.